The summed E-state index contributed by atoms with van der Waals surface area (Å²) in [6.07, 6.45) is 5.26. The first-order valence-corrected chi connectivity index (χ1v) is 9.62. The van der Waals surface area contributed by atoms with Crippen LogP contribution in [0, 0.1) is 0 Å². The van der Waals surface area contributed by atoms with Gasteiger partial charge in [-0.15, -0.1) is 0 Å². The number of rotatable bonds is 7. The molecule has 4 rings (SSSR count). The maximum absolute atomic E-state index is 12.6. The first-order valence-electron chi connectivity index (χ1n) is 9.62. The second kappa shape index (κ2) is 7.34. The van der Waals surface area contributed by atoms with Gasteiger partial charge in [-0.3, -0.25) is 4.79 Å². The minimum absolute atomic E-state index is 0.160. The van der Waals surface area contributed by atoms with Gasteiger partial charge in [0.1, 0.15) is 46.4 Å². The molecule has 1 saturated carbocycles. The van der Waals surface area contributed by atoms with Crippen LogP contribution >= 0.6 is 0 Å². The van der Waals surface area contributed by atoms with E-state index in [-0.39, 0.29) is 11.9 Å². The average Bonchev–Trinajstić information content (AvgIpc) is 3.37. The maximum Gasteiger partial charge on any atom is 0.256 e. The SMILES string of the molecule is BC(B)(B)Oc1ncccc1Nc1cc(NC)n2ncc(C(=O)NC3CC3)c2n1. The summed E-state index contributed by atoms with van der Waals surface area (Å²) in [5, 5.41) is 13.3. The van der Waals surface area contributed by atoms with Crippen molar-refractivity contribution >= 4 is 52.4 Å². The van der Waals surface area contributed by atoms with Gasteiger partial charge in [-0.1, -0.05) is 0 Å². The summed E-state index contributed by atoms with van der Waals surface area (Å²) >= 11 is 0. The molecule has 9 nitrogen and oxygen atoms in total. The minimum atomic E-state index is -0.391. The molecule has 1 aliphatic rings. The van der Waals surface area contributed by atoms with Gasteiger partial charge in [-0.2, -0.15) is 9.61 Å². The summed E-state index contributed by atoms with van der Waals surface area (Å²) in [7, 11) is 7.69. The van der Waals surface area contributed by atoms with Gasteiger partial charge in [-0.05, 0) is 25.0 Å². The van der Waals surface area contributed by atoms with Crippen LogP contribution in [0.4, 0.5) is 17.3 Å². The van der Waals surface area contributed by atoms with Crippen LogP contribution in [0.2, 0.25) is 0 Å². The second-order valence-corrected chi connectivity index (χ2v) is 8.01. The van der Waals surface area contributed by atoms with Gasteiger partial charge in [-0.25, -0.2) is 9.97 Å². The summed E-state index contributed by atoms with van der Waals surface area (Å²) in [6, 6.07) is 5.77. The summed E-state index contributed by atoms with van der Waals surface area (Å²) in [5.41, 5.74) is 1.60. The third kappa shape index (κ3) is 4.31. The average molecular weight is 389 g/mol. The molecule has 3 aromatic rings. The molecule has 0 spiro atoms. The van der Waals surface area contributed by atoms with Crippen molar-refractivity contribution in [2.24, 2.45) is 0 Å². The van der Waals surface area contributed by atoms with Crippen LogP contribution in [0.1, 0.15) is 23.2 Å². The zero-order valence-corrected chi connectivity index (χ0v) is 17.0. The van der Waals surface area contributed by atoms with E-state index in [9.17, 15) is 4.79 Å². The number of nitrogens with zero attached hydrogens (tertiary/aromatic N) is 4. The molecule has 1 aliphatic carbocycles. The van der Waals surface area contributed by atoms with E-state index in [2.05, 4.69) is 31.0 Å². The predicted octanol–water partition coefficient (Wildman–Crippen LogP) is -1.31. The Morgan fingerprint density at radius 3 is 2.83 bits per heavy atom. The van der Waals surface area contributed by atoms with Crippen molar-refractivity contribution in [3.05, 3.63) is 36.2 Å². The summed E-state index contributed by atoms with van der Waals surface area (Å²) < 4.78 is 7.56. The molecule has 146 valence electrons. The van der Waals surface area contributed by atoms with Crippen molar-refractivity contribution in [2.75, 3.05) is 17.7 Å². The lowest BCUT2D eigenvalue weighted by Gasteiger charge is -2.22. The number of fused-ring (bicyclic) bond motifs is 1. The zero-order chi connectivity index (χ0) is 20.6. The monoisotopic (exact) mass is 389 g/mol. The van der Waals surface area contributed by atoms with E-state index < -0.39 is 5.30 Å². The Morgan fingerprint density at radius 1 is 1.34 bits per heavy atom. The summed E-state index contributed by atoms with van der Waals surface area (Å²) in [4.78, 5) is 21.5. The van der Waals surface area contributed by atoms with Crippen LogP contribution in [0.5, 0.6) is 5.88 Å². The van der Waals surface area contributed by atoms with Crippen LogP contribution in [0.3, 0.4) is 0 Å². The largest absolute Gasteiger partial charge is 0.497 e. The number of carbonyl (C=O) groups is 1. The number of nitrogens with one attached hydrogen (secondary N) is 3. The van der Waals surface area contributed by atoms with Gasteiger partial charge in [0.15, 0.2) is 5.65 Å². The number of aromatic nitrogens is 4. The third-order valence-electron chi connectivity index (χ3n) is 4.32. The van der Waals surface area contributed by atoms with Crippen molar-refractivity contribution in [3.8, 4) is 5.88 Å². The molecule has 29 heavy (non-hydrogen) atoms. The highest BCUT2D eigenvalue weighted by Crippen LogP contribution is 2.28. The Balaban J connectivity index is 1.70. The van der Waals surface area contributed by atoms with E-state index in [0.717, 1.165) is 12.8 Å². The standard InChI is InChI=1S/C17H22B3N7O2/c1-21-13-7-12(25-11-3-2-6-22-16(11)29-17(18,19)20)26-14-10(8-23-27(13)14)15(28)24-9-4-5-9/h2-3,6-9,21H,4-5,18-20H2,1H3,(H,24,28)(H,25,26). The molecule has 0 unspecified atom stereocenters. The van der Waals surface area contributed by atoms with Crippen molar-refractivity contribution < 1.29 is 9.53 Å². The van der Waals surface area contributed by atoms with Gasteiger partial charge in [0.2, 0.25) is 5.88 Å². The lowest BCUT2D eigenvalue weighted by atomic mass is 9.52. The Bertz CT molecular complexity index is 1060. The van der Waals surface area contributed by atoms with Gasteiger partial charge >= 0.3 is 0 Å². The number of ether oxygens (including phenoxy) is 1. The molecule has 3 heterocycles. The number of carbonyl (C=O) groups excluding carboxylic acids is 1. The number of hydrogen-bond donors (Lipinski definition) is 3. The van der Waals surface area contributed by atoms with E-state index >= 15 is 0 Å². The lowest BCUT2D eigenvalue weighted by molar-refractivity contribution is 0.0952. The minimum Gasteiger partial charge on any atom is -0.497 e. The molecule has 0 aliphatic heterocycles. The topological polar surface area (TPSA) is 105 Å². The number of pyridine rings is 1. The Hall–Kier alpha value is -3.17. The Labute approximate surface area is 171 Å². The molecule has 0 atom stereocenters. The molecule has 0 radical (unpaired) electrons. The van der Waals surface area contributed by atoms with E-state index in [1.807, 2.05) is 41.7 Å². The van der Waals surface area contributed by atoms with E-state index in [1.54, 1.807) is 24.0 Å². The van der Waals surface area contributed by atoms with E-state index in [0.29, 0.717) is 34.4 Å². The van der Waals surface area contributed by atoms with Crippen molar-refractivity contribution in [2.45, 2.75) is 24.2 Å². The third-order valence-corrected chi connectivity index (χ3v) is 4.32. The highest BCUT2D eigenvalue weighted by Gasteiger charge is 2.26. The molecule has 3 aromatic heterocycles. The zero-order valence-electron chi connectivity index (χ0n) is 17.0. The van der Waals surface area contributed by atoms with Gasteiger partial charge in [0.05, 0.1) is 6.20 Å². The molecule has 0 aromatic carbocycles. The molecule has 1 fully saturated rings. The number of hydrogen-bond acceptors (Lipinski definition) is 7. The van der Waals surface area contributed by atoms with Crippen molar-refractivity contribution in [1.82, 2.24) is 24.9 Å². The molecular weight excluding hydrogens is 367 g/mol. The number of amides is 1. The maximum atomic E-state index is 12.6. The Morgan fingerprint density at radius 2 is 2.14 bits per heavy atom. The Kier molecular flexibility index (Phi) is 4.85. The quantitative estimate of drug-likeness (QED) is 0.432. The van der Waals surface area contributed by atoms with Crippen LogP contribution in [0.15, 0.2) is 30.6 Å². The molecule has 0 bridgehead atoms. The highest BCUT2D eigenvalue weighted by atomic mass is 16.5. The van der Waals surface area contributed by atoms with Crippen molar-refractivity contribution in [1.29, 1.82) is 0 Å². The van der Waals surface area contributed by atoms with Crippen LogP contribution < -0.4 is 20.7 Å². The molecule has 0 saturated heterocycles. The fraction of sp³-hybridized carbons (Fsp3) is 0.294. The normalized spacial score (nSPS) is 13.8. The first kappa shape index (κ1) is 19.2. The van der Waals surface area contributed by atoms with Gasteiger partial charge < -0.3 is 20.7 Å². The number of anilines is 3. The van der Waals surface area contributed by atoms with Crippen LogP contribution in [-0.4, -0.2) is 67.4 Å². The van der Waals surface area contributed by atoms with Crippen molar-refractivity contribution in [3.63, 3.8) is 0 Å². The van der Waals surface area contributed by atoms with Crippen LogP contribution in [-0.2, 0) is 0 Å². The second-order valence-electron chi connectivity index (χ2n) is 8.01. The molecule has 12 heteroatoms. The lowest BCUT2D eigenvalue weighted by Crippen LogP contribution is -2.38. The predicted molar refractivity (Wildman–Crippen MR) is 120 cm³/mol. The molecule has 1 amide bonds. The van der Waals surface area contributed by atoms with E-state index in [1.165, 1.54) is 0 Å². The van der Waals surface area contributed by atoms with Crippen LogP contribution in [0.25, 0.3) is 5.65 Å². The van der Waals surface area contributed by atoms with Gasteiger partial charge in [0.25, 0.3) is 5.91 Å². The fourth-order valence-corrected chi connectivity index (χ4v) is 2.85. The highest BCUT2D eigenvalue weighted by molar-refractivity contribution is 6.58. The molecular formula is C17H22B3N7O2. The summed E-state index contributed by atoms with van der Waals surface area (Å²) in [5.74, 6) is 1.57. The smallest absolute Gasteiger partial charge is 0.256 e. The summed E-state index contributed by atoms with van der Waals surface area (Å²) in [6.45, 7) is 0. The van der Waals surface area contributed by atoms with E-state index in [4.69, 9.17) is 4.74 Å². The first-order chi connectivity index (χ1) is 13.8. The van der Waals surface area contributed by atoms with Gasteiger partial charge in [0, 0.05) is 30.7 Å². The fourth-order valence-electron chi connectivity index (χ4n) is 2.85. The molecule has 3 N–H and O–H groups in total.